The molecule has 1 aliphatic heterocycles. The van der Waals surface area contributed by atoms with Gasteiger partial charge in [-0.2, -0.15) is 4.98 Å². The van der Waals surface area contributed by atoms with Crippen molar-refractivity contribution < 1.29 is 18.8 Å². The lowest BCUT2D eigenvalue weighted by Crippen LogP contribution is -2.43. The first kappa shape index (κ1) is 19.4. The molecule has 1 fully saturated rings. The van der Waals surface area contributed by atoms with Gasteiger partial charge < -0.3 is 18.9 Å². The van der Waals surface area contributed by atoms with Gasteiger partial charge in [0.15, 0.2) is 5.82 Å². The van der Waals surface area contributed by atoms with Crippen molar-refractivity contribution in [3.05, 3.63) is 41.5 Å². The number of piperidine rings is 1. The summed E-state index contributed by atoms with van der Waals surface area (Å²) in [5.74, 6) is 2.23. The van der Waals surface area contributed by atoms with Crippen molar-refractivity contribution in [2.24, 2.45) is 0 Å². The van der Waals surface area contributed by atoms with E-state index in [0.717, 1.165) is 37.1 Å². The number of amides is 1. The van der Waals surface area contributed by atoms with Gasteiger partial charge in [-0.25, -0.2) is 0 Å². The van der Waals surface area contributed by atoms with E-state index in [1.54, 1.807) is 14.0 Å². The van der Waals surface area contributed by atoms with Crippen LogP contribution in [-0.2, 0) is 22.4 Å². The lowest BCUT2D eigenvalue weighted by atomic mass is 10.1. The Kier molecular flexibility index (Phi) is 6.81. The molecule has 2 heterocycles. The van der Waals surface area contributed by atoms with Crippen molar-refractivity contribution >= 4 is 5.91 Å². The SMILES string of the molecule is COc1cccc(CCC(=O)N2CCCC(OCCc3noc(C)n3)C2)c1. The number of rotatable bonds is 8. The average molecular weight is 373 g/mol. The van der Waals surface area contributed by atoms with Gasteiger partial charge in [-0.05, 0) is 37.0 Å². The minimum absolute atomic E-state index is 0.0764. The van der Waals surface area contributed by atoms with Crippen molar-refractivity contribution in [3.63, 3.8) is 0 Å². The first-order chi connectivity index (χ1) is 13.1. The molecule has 146 valence electrons. The summed E-state index contributed by atoms with van der Waals surface area (Å²) in [5.41, 5.74) is 1.11. The van der Waals surface area contributed by atoms with Crippen LogP contribution in [0, 0.1) is 6.92 Å². The summed E-state index contributed by atoms with van der Waals surface area (Å²) in [6.07, 6.45) is 3.86. The highest BCUT2D eigenvalue weighted by Gasteiger charge is 2.24. The molecule has 1 amide bonds. The maximum atomic E-state index is 12.6. The average Bonchev–Trinajstić information content (AvgIpc) is 3.11. The van der Waals surface area contributed by atoms with Crippen LogP contribution >= 0.6 is 0 Å². The van der Waals surface area contributed by atoms with Crippen LogP contribution in [0.2, 0.25) is 0 Å². The second-order valence-corrected chi connectivity index (χ2v) is 6.81. The Labute approximate surface area is 159 Å². The van der Waals surface area contributed by atoms with Gasteiger partial charge in [0.05, 0.1) is 19.8 Å². The van der Waals surface area contributed by atoms with Crippen molar-refractivity contribution in [2.75, 3.05) is 26.8 Å². The zero-order valence-electron chi connectivity index (χ0n) is 16.0. The molecule has 1 aromatic carbocycles. The third-order valence-corrected chi connectivity index (χ3v) is 4.74. The maximum Gasteiger partial charge on any atom is 0.223 e. The van der Waals surface area contributed by atoms with Crippen LogP contribution in [-0.4, -0.2) is 53.9 Å². The monoisotopic (exact) mass is 373 g/mol. The van der Waals surface area contributed by atoms with E-state index in [0.29, 0.717) is 37.7 Å². The number of likely N-dealkylation sites (tertiary alicyclic amines) is 1. The van der Waals surface area contributed by atoms with E-state index in [4.69, 9.17) is 14.0 Å². The van der Waals surface area contributed by atoms with E-state index in [1.807, 2.05) is 29.2 Å². The number of methoxy groups -OCH3 is 1. The Hall–Kier alpha value is -2.41. The molecule has 27 heavy (non-hydrogen) atoms. The number of aromatic nitrogens is 2. The molecular formula is C20H27N3O4. The predicted octanol–water partition coefficient (Wildman–Crippen LogP) is 2.57. The largest absolute Gasteiger partial charge is 0.497 e. The number of ether oxygens (including phenoxy) is 2. The van der Waals surface area contributed by atoms with Crippen LogP contribution in [0.15, 0.2) is 28.8 Å². The molecule has 0 saturated carbocycles. The molecule has 1 saturated heterocycles. The van der Waals surface area contributed by atoms with Crippen LogP contribution in [0.3, 0.4) is 0 Å². The van der Waals surface area contributed by atoms with Crippen LogP contribution in [0.4, 0.5) is 0 Å². The Bertz CT molecular complexity index is 746. The molecule has 3 rings (SSSR count). The zero-order valence-corrected chi connectivity index (χ0v) is 16.0. The van der Waals surface area contributed by atoms with E-state index in [2.05, 4.69) is 10.1 Å². The summed E-state index contributed by atoms with van der Waals surface area (Å²) in [5, 5.41) is 3.87. The normalized spacial score (nSPS) is 17.1. The van der Waals surface area contributed by atoms with Crippen molar-refractivity contribution in [2.45, 2.75) is 45.1 Å². The molecule has 1 unspecified atom stereocenters. The van der Waals surface area contributed by atoms with Crippen LogP contribution in [0.5, 0.6) is 5.75 Å². The predicted molar refractivity (Wildman–Crippen MR) is 99.6 cm³/mol. The summed E-state index contributed by atoms with van der Waals surface area (Å²) < 4.78 is 16.1. The second-order valence-electron chi connectivity index (χ2n) is 6.81. The fourth-order valence-corrected chi connectivity index (χ4v) is 3.30. The number of aryl methyl sites for hydroxylation is 2. The highest BCUT2D eigenvalue weighted by Crippen LogP contribution is 2.17. The molecule has 1 aromatic heterocycles. The quantitative estimate of drug-likeness (QED) is 0.708. The van der Waals surface area contributed by atoms with Gasteiger partial charge in [0.1, 0.15) is 5.75 Å². The second kappa shape index (κ2) is 9.50. The van der Waals surface area contributed by atoms with E-state index >= 15 is 0 Å². The Balaban J connectivity index is 1.41. The molecule has 2 aromatic rings. The van der Waals surface area contributed by atoms with E-state index in [-0.39, 0.29) is 12.0 Å². The highest BCUT2D eigenvalue weighted by atomic mass is 16.5. The lowest BCUT2D eigenvalue weighted by molar-refractivity contribution is -0.135. The van der Waals surface area contributed by atoms with Crippen LogP contribution in [0.1, 0.15) is 36.5 Å². The van der Waals surface area contributed by atoms with E-state index < -0.39 is 0 Å². The van der Waals surface area contributed by atoms with E-state index in [9.17, 15) is 4.79 Å². The summed E-state index contributed by atoms with van der Waals surface area (Å²) >= 11 is 0. The number of carbonyl (C=O) groups is 1. The highest BCUT2D eigenvalue weighted by molar-refractivity contribution is 5.76. The van der Waals surface area contributed by atoms with Crippen molar-refractivity contribution in [1.82, 2.24) is 15.0 Å². The number of hydrogen-bond donors (Lipinski definition) is 0. The minimum atomic E-state index is 0.0764. The standard InChI is InChI=1S/C20H27N3O4/c1-15-21-19(22-27-15)10-12-26-18-7-4-11-23(14-18)20(24)9-8-16-5-3-6-17(13-16)25-2/h3,5-6,13,18H,4,7-12,14H2,1-2H3. The fourth-order valence-electron chi connectivity index (χ4n) is 3.30. The zero-order chi connectivity index (χ0) is 19.1. The Morgan fingerprint density at radius 2 is 2.26 bits per heavy atom. The molecule has 1 aliphatic rings. The topological polar surface area (TPSA) is 77.7 Å². The molecule has 7 nitrogen and oxygen atoms in total. The van der Waals surface area contributed by atoms with Crippen LogP contribution < -0.4 is 4.74 Å². The summed E-state index contributed by atoms with van der Waals surface area (Å²) in [7, 11) is 1.65. The molecule has 0 bridgehead atoms. The number of carbonyl (C=O) groups excluding carboxylic acids is 1. The van der Waals surface area contributed by atoms with Crippen molar-refractivity contribution in [1.29, 1.82) is 0 Å². The van der Waals surface area contributed by atoms with Crippen LogP contribution in [0.25, 0.3) is 0 Å². The molecule has 0 radical (unpaired) electrons. The van der Waals surface area contributed by atoms with Gasteiger partial charge in [0, 0.05) is 32.9 Å². The first-order valence-electron chi connectivity index (χ1n) is 9.45. The Morgan fingerprint density at radius 1 is 1.37 bits per heavy atom. The summed E-state index contributed by atoms with van der Waals surface area (Å²) in [4.78, 5) is 18.7. The summed E-state index contributed by atoms with van der Waals surface area (Å²) in [6.45, 7) is 3.77. The molecule has 0 N–H and O–H groups in total. The van der Waals surface area contributed by atoms with Gasteiger partial charge in [-0.3, -0.25) is 4.79 Å². The number of benzene rings is 1. The van der Waals surface area contributed by atoms with Gasteiger partial charge in [-0.15, -0.1) is 0 Å². The molecule has 0 aliphatic carbocycles. The molecule has 1 atom stereocenters. The van der Waals surface area contributed by atoms with Gasteiger partial charge in [0.2, 0.25) is 11.8 Å². The van der Waals surface area contributed by atoms with Crippen molar-refractivity contribution in [3.8, 4) is 5.75 Å². The van der Waals surface area contributed by atoms with E-state index in [1.165, 1.54) is 0 Å². The molecule has 0 spiro atoms. The van der Waals surface area contributed by atoms with Gasteiger partial charge >= 0.3 is 0 Å². The smallest absolute Gasteiger partial charge is 0.223 e. The van der Waals surface area contributed by atoms with Gasteiger partial charge in [0.25, 0.3) is 0 Å². The van der Waals surface area contributed by atoms with Gasteiger partial charge in [-0.1, -0.05) is 17.3 Å². The first-order valence-corrected chi connectivity index (χ1v) is 9.45. The fraction of sp³-hybridized carbons (Fsp3) is 0.550. The number of nitrogens with zero attached hydrogens (tertiary/aromatic N) is 3. The number of hydrogen-bond acceptors (Lipinski definition) is 6. The minimum Gasteiger partial charge on any atom is -0.497 e. The maximum absolute atomic E-state index is 12.6. The molecule has 7 heteroatoms. The Morgan fingerprint density at radius 3 is 3.04 bits per heavy atom. The third-order valence-electron chi connectivity index (χ3n) is 4.74. The third kappa shape index (κ3) is 5.79. The molecular weight excluding hydrogens is 346 g/mol. The summed E-state index contributed by atoms with van der Waals surface area (Å²) in [6, 6.07) is 7.87. The lowest BCUT2D eigenvalue weighted by Gasteiger charge is -2.32.